The highest BCUT2D eigenvalue weighted by Crippen LogP contribution is 2.29. The van der Waals surface area contributed by atoms with Gasteiger partial charge in [0, 0.05) is 5.02 Å². The molecule has 0 aromatic heterocycles. The number of hydrogen-bond donors (Lipinski definition) is 1. The maximum Gasteiger partial charge on any atom is 0.0577 e. The van der Waals surface area contributed by atoms with Gasteiger partial charge < -0.3 is 5.32 Å². The molecule has 0 amide bonds. The average molecular weight is 302 g/mol. The van der Waals surface area contributed by atoms with Crippen molar-refractivity contribution in [3.8, 4) is 0 Å². The second-order valence-corrected chi connectivity index (χ2v) is 7.03. The van der Waals surface area contributed by atoms with Crippen molar-refractivity contribution in [2.24, 2.45) is 0 Å². The van der Waals surface area contributed by atoms with E-state index in [-0.39, 0.29) is 11.5 Å². The van der Waals surface area contributed by atoms with Gasteiger partial charge in [-0.15, -0.1) is 0 Å². The lowest BCUT2D eigenvalue weighted by Gasteiger charge is -2.23. The van der Waals surface area contributed by atoms with Gasteiger partial charge in [0.25, 0.3) is 0 Å². The summed E-state index contributed by atoms with van der Waals surface area (Å²) < 4.78 is 0. The van der Waals surface area contributed by atoms with Crippen LogP contribution in [0.2, 0.25) is 5.02 Å². The van der Waals surface area contributed by atoms with E-state index in [0.717, 1.165) is 5.02 Å². The van der Waals surface area contributed by atoms with Crippen LogP contribution in [0.1, 0.15) is 49.1 Å². The van der Waals surface area contributed by atoms with E-state index in [1.807, 2.05) is 13.1 Å². The van der Waals surface area contributed by atoms with E-state index in [1.165, 1.54) is 22.3 Å². The first kappa shape index (κ1) is 16.1. The highest BCUT2D eigenvalue weighted by molar-refractivity contribution is 6.30. The topological polar surface area (TPSA) is 12.0 Å². The van der Waals surface area contributed by atoms with Gasteiger partial charge in [0.2, 0.25) is 0 Å². The van der Waals surface area contributed by atoms with E-state index >= 15 is 0 Å². The smallest absolute Gasteiger partial charge is 0.0577 e. The Labute approximate surface area is 133 Å². The zero-order valence-corrected chi connectivity index (χ0v) is 14.3. The Morgan fingerprint density at radius 3 is 2.14 bits per heavy atom. The third-order valence-corrected chi connectivity index (χ3v) is 4.19. The second kappa shape index (κ2) is 6.21. The van der Waals surface area contributed by atoms with Gasteiger partial charge in [-0.05, 0) is 53.8 Å². The van der Waals surface area contributed by atoms with Crippen LogP contribution in [-0.2, 0) is 5.41 Å². The van der Waals surface area contributed by atoms with Gasteiger partial charge in [-0.25, -0.2) is 0 Å². The van der Waals surface area contributed by atoms with Crippen molar-refractivity contribution >= 4 is 11.6 Å². The number of halogens is 1. The Bertz CT molecular complexity index is 608. The van der Waals surface area contributed by atoms with Crippen molar-refractivity contribution < 1.29 is 0 Å². The molecule has 21 heavy (non-hydrogen) atoms. The molecular formula is C19H24ClN. The highest BCUT2D eigenvalue weighted by atomic mass is 35.5. The predicted molar refractivity (Wildman–Crippen MR) is 92.2 cm³/mol. The van der Waals surface area contributed by atoms with Crippen LogP contribution < -0.4 is 5.32 Å². The van der Waals surface area contributed by atoms with Crippen molar-refractivity contribution in [1.29, 1.82) is 0 Å². The molecular weight excluding hydrogens is 278 g/mol. The Balaban J connectivity index is 2.40. The molecule has 0 aliphatic rings. The fourth-order valence-electron chi connectivity index (χ4n) is 2.60. The Hall–Kier alpha value is -1.31. The Morgan fingerprint density at radius 1 is 1.00 bits per heavy atom. The van der Waals surface area contributed by atoms with Crippen LogP contribution in [0.5, 0.6) is 0 Å². The lowest BCUT2D eigenvalue weighted by atomic mass is 9.85. The number of nitrogens with one attached hydrogen (secondary N) is 1. The molecule has 0 spiro atoms. The van der Waals surface area contributed by atoms with E-state index in [9.17, 15) is 0 Å². The highest BCUT2D eigenvalue weighted by Gasteiger charge is 2.17. The van der Waals surface area contributed by atoms with Crippen LogP contribution in [0, 0.1) is 6.92 Å². The van der Waals surface area contributed by atoms with E-state index in [4.69, 9.17) is 11.6 Å². The van der Waals surface area contributed by atoms with Gasteiger partial charge in [-0.1, -0.05) is 62.7 Å². The van der Waals surface area contributed by atoms with Gasteiger partial charge in [0.05, 0.1) is 6.04 Å². The van der Waals surface area contributed by atoms with Crippen LogP contribution in [0.4, 0.5) is 0 Å². The molecule has 0 saturated carbocycles. The Morgan fingerprint density at radius 2 is 1.62 bits per heavy atom. The van der Waals surface area contributed by atoms with Gasteiger partial charge in [-0.3, -0.25) is 0 Å². The summed E-state index contributed by atoms with van der Waals surface area (Å²) in [6.45, 7) is 8.83. The molecule has 2 heteroatoms. The standard InChI is InChI=1S/C19H24ClN/c1-13-6-11-16(20)12-17(13)18(21-5)14-7-9-15(10-8-14)19(2,3)4/h6-12,18,21H,1-5H3. The minimum absolute atomic E-state index is 0.165. The molecule has 0 fully saturated rings. The minimum Gasteiger partial charge on any atom is -0.309 e. The molecule has 2 rings (SSSR count). The summed E-state index contributed by atoms with van der Waals surface area (Å²) in [6.07, 6.45) is 0. The monoisotopic (exact) mass is 301 g/mol. The van der Waals surface area contributed by atoms with Crippen LogP contribution in [0.3, 0.4) is 0 Å². The van der Waals surface area contributed by atoms with Crippen molar-refractivity contribution in [2.75, 3.05) is 7.05 Å². The fourth-order valence-corrected chi connectivity index (χ4v) is 2.78. The first-order valence-corrected chi connectivity index (χ1v) is 7.74. The molecule has 0 heterocycles. The summed E-state index contributed by atoms with van der Waals surface area (Å²) in [5.41, 5.74) is 5.27. The molecule has 1 N–H and O–H groups in total. The molecule has 0 radical (unpaired) electrons. The quantitative estimate of drug-likeness (QED) is 0.816. The number of rotatable bonds is 3. The number of hydrogen-bond acceptors (Lipinski definition) is 1. The van der Waals surface area contributed by atoms with Gasteiger partial charge in [0.15, 0.2) is 0 Å². The molecule has 1 unspecified atom stereocenters. The summed E-state index contributed by atoms with van der Waals surface area (Å²) in [5, 5.41) is 4.18. The SMILES string of the molecule is CNC(c1ccc(C(C)(C)C)cc1)c1cc(Cl)ccc1C. The Kier molecular flexibility index (Phi) is 4.75. The van der Waals surface area contributed by atoms with E-state index in [0.29, 0.717) is 0 Å². The van der Waals surface area contributed by atoms with Crippen LogP contribution in [-0.4, -0.2) is 7.05 Å². The number of aryl methyl sites for hydroxylation is 1. The maximum atomic E-state index is 6.16. The van der Waals surface area contributed by atoms with Crippen LogP contribution >= 0.6 is 11.6 Å². The largest absolute Gasteiger partial charge is 0.309 e. The number of benzene rings is 2. The van der Waals surface area contributed by atoms with Crippen LogP contribution in [0.15, 0.2) is 42.5 Å². The molecule has 0 bridgehead atoms. The maximum absolute atomic E-state index is 6.16. The zero-order valence-electron chi connectivity index (χ0n) is 13.5. The van der Waals surface area contributed by atoms with Crippen molar-refractivity contribution in [2.45, 2.75) is 39.2 Å². The fraction of sp³-hybridized carbons (Fsp3) is 0.368. The molecule has 2 aromatic carbocycles. The first-order chi connectivity index (χ1) is 9.82. The predicted octanol–water partition coefficient (Wildman–Crippen LogP) is 5.25. The molecule has 0 aliphatic carbocycles. The molecule has 112 valence electrons. The third kappa shape index (κ3) is 3.66. The summed E-state index contributed by atoms with van der Waals surface area (Å²) in [7, 11) is 1.99. The van der Waals surface area contributed by atoms with E-state index in [1.54, 1.807) is 0 Å². The van der Waals surface area contributed by atoms with Crippen molar-refractivity contribution in [1.82, 2.24) is 5.32 Å². The summed E-state index contributed by atoms with van der Waals surface area (Å²) in [6, 6.07) is 15.1. The summed E-state index contributed by atoms with van der Waals surface area (Å²) in [5.74, 6) is 0. The van der Waals surface area contributed by atoms with E-state index in [2.05, 4.69) is 69.4 Å². The lowest BCUT2D eigenvalue weighted by Crippen LogP contribution is -2.19. The zero-order chi connectivity index (χ0) is 15.6. The second-order valence-electron chi connectivity index (χ2n) is 6.59. The molecule has 2 aromatic rings. The lowest BCUT2D eigenvalue weighted by molar-refractivity contribution is 0.589. The molecule has 0 saturated heterocycles. The first-order valence-electron chi connectivity index (χ1n) is 7.36. The summed E-state index contributed by atoms with van der Waals surface area (Å²) >= 11 is 6.16. The van der Waals surface area contributed by atoms with Crippen LogP contribution in [0.25, 0.3) is 0 Å². The molecule has 1 nitrogen and oxygen atoms in total. The van der Waals surface area contributed by atoms with Crippen molar-refractivity contribution in [3.63, 3.8) is 0 Å². The van der Waals surface area contributed by atoms with E-state index < -0.39 is 0 Å². The van der Waals surface area contributed by atoms with Crippen molar-refractivity contribution in [3.05, 3.63) is 69.7 Å². The molecule has 0 aliphatic heterocycles. The minimum atomic E-state index is 0.165. The van der Waals surface area contributed by atoms with Gasteiger partial charge in [-0.2, -0.15) is 0 Å². The third-order valence-electron chi connectivity index (χ3n) is 3.95. The van der Waals surface area contributed by atoms with Gasteiger partial charge >= 0.3 is 0 Å². The normalized spacial score (nSPS) is 13.2. The molecule has 1 atom stereocenters. The average Bonchev–Trinajstić information content (AvgIpc) is 2.43. The van der Waals surface area contributed by atoms with Gasteiger partial charge in [0.1, 0.15) is 0 Å². The summed E-state index contributed by atoms with van der Waals surface area (Å²) in [4.78, 5) is 0.